The Hall–Kier alpha value is -2.90. The number of aliphatic carboxylic acids is 1. The number of nitrogens with two attached hydrogens (primary N) is 1. The van der Waals surface area contributed by atoms with Gasteiger partial charge in [0.1, 0.15) is 12.2 Å². The van der Waals surface area contributed by atoms with Crippen LogP contribution < -0.4 is 11.1 Å². The van der Waals surface area contributed by atoms with Crippen LogP contribution >= 0.6 is 0 Å². The molecule has 0 unspecified atom stereocenters. The number of aliphatic imine (C=N–C) groups is 1. The topological polar surface area (TPSA) is 118 Å². The number of carboxylic acid groups (broad SMARTS) is 1. The van der Waals surface area contributed by atoms with Gasteiger partial charge in [-0.1, -0.05) is 19.3 Å². The van der Waals surface area contributed by atoms with E-state index in [0.29, 0.717) is 17.6 Å². The second-order valence-corrected chi connectivity index (χ2v) is 6.56. The summed E-state index contributed by atoms with van der Waals surface area (Å²) in [7, 11) is 0. The first-order valence-electron chi connectivity index (χ1n) is 8.88. The minimum Gasteiger partial charge on any atom is -0.480 e. The molecule has 1 aliphatic rings. The van der Waals surface area contributed by atoms with Gasteiger partial charge < -0.3 is 20.7 Å². The number of aromatic nitrogens is 3. The highest BCUT2D eigenvalue weighted by Crippen LogP contribution is 2.26. The van der Waals surface area contributed by atoms with Gasteiger partial charge in [0.05, 0.1) is 5.70 Å². The minimum atomic E-state index is -1.00. The lowest BCUT2D eigenvalue weighted by Gasteiger charge is -2.22. The van der Waals surface area contributed by atoms with Crippen molar-refractivity contribution in [2.45, 2.75) is 38.6 Å². The number of carboxylic acids is 1. The summed E-state index contributed by atoms with van der Waals surface area (Å²) in [5.41, 5.74) is 6.88. The highest BCUT2D eigenvalue weighted by atomic mass is 16.4. The summed E-state index contributed by atoms with van der Waals surface area (Å²) < 4.78 is 2.18. The molecule has 4 N–H and O–H groups in total. The summed E-state index contributed by atoms with van der Waals surface area (Å²) in [5.74, 6) is 0.101. The summed E-state index contributed by atoms with van der Waals surface area (Å²) >= 11 is 0. The molecule has 138 valence electrons. The van der Waals surface area contributed by atoms with Crippen molar-refractivity contribution in [2.75, 3.05) is 11.9 Å². The number of hydrogen-bond acceptors (Lipinski definition) is 6. The number of carbonyl (C=O) groups is 1. The summed E-state index contributed by atoms with van der Waals surface area (Å²) in [6.45, 7) is 0.656. The Morgan fingerprint density at radius 2 is 2.23 bits per heavy atom. The number of hydrogen-bond donors (Lipinski definition) is 3. The predicted molar refractivity (Wildman–Crippen MR) is 101 cm³/mol. The number of allylic oxidation sites excluding steroid dienone is 1. The van der Waals surface area contributed by atoms with Crippen LogP contribution in [-0.4, -0.2) is 38.4 Å². The van der Waals surface area contributed by atoms with Crippen molar-refractivity contribution in [3.05, 3.63) is 30.4 Å². The van der Waals surface area contributed by atoms with E-state index in [2.05, 4.69) is 31.0 Å². The Balaban J connectivity index is 1.74. The molecule has 0 saturated heterocycles. The van der Waals surface area contributed by atoms with Crippen LogP contribution in [-0.2, 0) is 11.3 Å². The van der Waals surface area contributed by atoms with E-state index in [0.717, 1.165) is 17.6 Å². The quantitative estimate of drug-likeness (QED) is 0.656. The van der Waals surface area contributed by atoms with Crippen molar-refractivity contribution in [3.8, 4) is 0 Å². The molecule has 0 aromatic carbocycles. The molecule has 26 heavy (non-hydrogen) atoms. The van der Waals surface area contributed by atoms with Gasteiger partial charge in [0.15, 0.2) is 0 Å². The standard InChI is InChI=1S/C18H24N6O2/c19-8-15(10-20-11-16(25)26)22-18-21-9-14-6-7-24(17(14)23-18)12-13-4-2-1-3-5-13/h6-10,13H,1-5,11-12,19H2,(H,25,26)(H,21,22,23)/b15-8+,20-10?. The van der Waals surface area contributed by atoms with Crippen LogP contribution in [0.1, 0.15) is 32.1 Å². The van der Waals surface area contributed by atoms with E-state index in [9.17, 15) is 4.79 Å². The minimum absolute atomic E-state index is 0.316. The van der Waals surface area contributed by atoms with E-state index in [1.165, 1.54) is 44.5 Å². The van der Waals surface area contributed by atoms with Gasteiger partial charge in [-0.3, -0.25) is 9.79 Å². The predicted octanol–water partition coefficient (Wildman–Crippen LogP) is 2.38. The van der Waals surface area contributed by atoms with Crippen molar-refractivity contribution >= 4 is 29.2 Å². The third-order valence-corrected chi connectivity index (χ3v) is 4.57. The Morgan fingerprint density at radius 1 is 1.42 bits per heavy atom. The zero-order chi connectivity index (χ0) is 18.4. The molecule has 0 spiro atoms. The van der Waals surface area contributed by atoms with Crippen molar-refractivity contribution in [3.63, 3.8) is 0 Å². The monoisotopic (exact) mass is 356 g/mol. The Morgan fingerprint density at radius 3 is 2.96 bits per heavy atom. The van der Waals surface area contributed by atoms with Crippen molar-refractivity contribution < 1.29 is 9.90 Å². The van der Waals surface area contributed by atoms with Gasteiger partial charge in [0.25, 0.3) is 0 Å². The molecule has 1 saturated carbocycles. The van der Waals surface area contributed by atoms with Gasteiger partial charge in [0, 0.05) is 36.7 Å². The van der Waals surface area contributed by atoms with Crippen molar-refractivity contribution in [1.82, 2.24) is 14.5 Å². The third kappa shape index (κ3) is 4.59. The average Bonchev–Trinajstić information content (AvgIpc) is 3.03. The third-order valence-electron chi connectivity index (χ3n) is 4.57. The lowest BCUT2D eigenvalue weighted by Crippen LogP contribution is -2.14. The molecule has 0 aliphatic heterocycles. The maximum atomic E-state index is 10.5. The first-order valence-corrected chi connectivity index (χ1v) is 8.88. The molecule has 0 atom stereocenters. The van der Waals surface area contributed by atoms with E-state index in [4.69, 9.17) is 10.8 Å². The second-order valence-electron chi connectivity index (χ2n) is 6.56. The van der Waals surface area contributed by atoms with Crippen molar-refractivity contribution in [1.29, 1.82) is 0 Å². The molecular weight excluding hydrogens is 332 g/mol. The first-order chi connectivity index (χ1) is 12.7. The van der Waals surface area contributed by atoms with Gasteiger partial charge in [-0.2, -0.15) is 4.98 Å². The van der Waals surface area contributed by atoms with E-state index in [1.54, 1.807) is 6.20 Å². The highest BCUT2D eigenvalue weighted by Gasteiger charge is 2.15. The van der Waals surface area contributed by atoms with Crippen LogP contribution in [0.5, 0.6) is 0 Å². The highest BCUT2D eigenvalue weighted by molar-refractivity contribution is 5.84. The normalized spacial score (nSPS) is 16.4. The Kier molecular flexibility index (Phi) is 5.83. The van der Waals surface area contributed by atoms with E-state index in [-0.39, 0.29) is 6.54 Å². The molecule has 2 heterocycles. The van der Waals surface area contributed by atoms with Gasteiger partial charge in [-0.15, -0.1) is 0 Å². The molecule has 1 aliphatic carbocycles. The second kappa shape index (κ2) is 8.46. The van der Waals surface area contributed by atoms with Crippen LogP contribution in [0, 0.1) is 5.92 Å². The summed E-state index contributed by atoms with van der Waals surface area (Å²) in [6.07, 6.45) is 13.0. The molecule has 1 fully saturated rings. The fourth-order valence-corrected chi connectivity index (χ4v) is 3.29. The number of rotatable bonds is 7. The van der Waals surface area contributed by atoms with Gasteiger partial charge in [-0.25, -0.2) is 4.98 Å². The van der Waals surface area contributed by atoms with E-state index >= 15 is 0 Å². The summed E-state index contributed by atoms with van der Waals surface area (Å²) in [6, 6.07) is 2.02. The number of nitrogens with zero attached hydrogens (tertiary/aromatic N) is 4. The number of nitrogens with one attached hydrogen (secondary N) is 1. The van der Waals surface area contributed by atoms with E-state index in [1.807, 2.05) is 6.07 Å². The Bertz CT molecular complexity index is 820. The van der Waals surface area contributed by atoms with Crippen LogP contribution in [0.4, 0.5) is 5.95 Å². The fourth-order valence-electron chi connectivity index (χ4n) is 3.29. The maximum Gasteiger partial charge on any atom is 0.325 e. The van der Waals surface area contributed by atoms with Gasteiger partial charge in [-0.05, 0) is 24.8 Å². The lowest BCUT2D eigenvalue weighted by molar-refractivity contribution is -0.135. The van der Waals surface area contributed by atoms with Crippen LogP contribution in [0.25, 0.3) is 11.0 Å². The lowest BCUT2D eigenvalue weighted by atomic mass is 9.89. The zero-order valence-electron chi connectivity index (χ0n) is 14.6. The molecule has 8 nitrogen and oxygen atoms in total. The van der Waals surface area contributed by atoms with Crippen LogP contribution in [0.15, 0.2) is 35.3 Å². The molecule has 0 amide bonds. The smallest absolute Gasteiger partial charge is 0.325 e. The first kappa shape index (κ1) is 17.9. The largest absolute Gasteiger partial charge is 0.480 e. The molecule has 8 heteroatoms. The molecule has 2 aromatic heterocycles. The number of fused-ring (bicyclic) bond motifs is 1. The molecule has 0 radical (unpaired) electrons. The Labute approximate surface area is 151 Å². The molecule has 3 rings (SSSR count). The van der Waals surface area contributed by atoms with Crippen molar-refractivity contribution in [2.24, 2.45) is 16.6 Å². The SMILES string of the molecule is N/C=C(\C=NCC(=O)O)Nc1ncc2ccn(CC3CCCCC3)c2n1. The summed E-state index contributed by atoms with van der Waals surface area (Å²) in [5, 5.41) is 12.6. The number of anilines is 1. The van der Waals surface area contributed by atoms with Crippen LogP contribution in [0.2, 0.25) is 0 Å². The molecule has 2 aromatic rings. The van der Waals surface area contributed by atoms with Crippen LogP contribution in [0.3, 0.4) is 0 Å². The summed E-state index contributed by atoms with van der Waals surface area (Å²) in [4.78, 5) is 23.2. The van der Waals surface area contributed by atoms with E-state index < -0.39 is 5.97 Å². The maximum absolute atomic E-state index is 10.5. The molecule has 0 bridgehead atoms. The fraction of sp³-hybridized carbons (Fsp3) is 0.444. The zero-order valence-corrected chi connectivity index (χ0v) is 14.6. The van der Waals surface area contributed by atoms with Gasteiger partial charge in [0.2, 0.25) is 5.95 Å². The average molecular weight is 356 g/mol. The van der Waals surface area contributed by atoms with Gasteiger partial charge >= 0.3 is 5.97 Å². The molecular formula is C18H24N6O2.